The molecule has 1 saturated heterocycles. The average molecular weight is 273 g/mol. The molecule has 0 aromatic carbocycles. The van der Waals surface area contributed by atoms with Gasteiger partial charge in [0.15, 0.2) is 5.12 Å². The van der Waals surface area contributed by atoms with Gasteiger partial charge >= 0.3 is 5.97 Å². The van der Waals surface area contributed by atoms with Crippen LogP contribution in [-0.2, 0) is 14.3 Å². The van der Waals surface area contributed by atoms with E-state index in [9.17, 15) is 9.59 Å². The van der Waals surface area contributed by atoms with Gasteiger partial charge in [-0.15, -0.1) is 0 Å². The van der Waals surface area contributed by atoms with E-state index in [1.54, 1.807) is 6.92 Å². The number of nitrogens with zero attached hydrogens (tertiary/aromatic N) is 1. The molecule has 0 aromatic heterocycles. The minimum Gasteiger partial charge on any atom is -0.460 e. The predicted octanol–water partition coefficient (Wildman–Crippen LogP) is 2.28. The minimum absolute atomic E-state index is 0.0165. The van der Waals surface area contributed by atoms with E-state index in [0.717, 1.165) is 31.8 Å². The number of piperidine rings is 1. The summed E-state index contributed by atoms with van der Waals surface area (Å²) in [5.74, 6) is 0.667. The highest BCUT2D eigenvalue weighted by Crippen LogP contribution is 2.22. The van der Waals surface area contributed by atoms with Crippen LogP contribution < -0.4 is 0 Å². The monoisotopic (exact) mass is 273 g/mol. The number of carbonyl (C=O) groups is 2. The van der Waals surface area contributed by atoms with Gasteiger partial charge in [0.1, 0.15) is 5.60 Å². The SMILES string of the molecule is CC(=O)SCN1CCC(C(=O)OC(C)(C)C)CC1. The minimum atomic E-state index is -0.404. The zero-order chi connectivity index (χ0) is 13.8. The summed E-state index contributed by atoms with van der Waals surface area (Å²) in [6.07, 6.45) is 1.65. The number of ether oxygens (including phenoxy) is 1. The highest BCUT2D eigenvalue weighted by molar-refractivity contribution is 8.13. The summed E-state index contributed by atoms with van der Waals surface area (Å²) in [7, 11) is 0. The molecule has 0 amide bonds. The molecule has 104 valence electrons. The third-order valence-electron chi connectivity index (χ3n) is 2.78. The predicted molar refractivity (Wildman–Crippen MR) is 73.3 cm³/mol. The van der Waals surface area contributed by atoms with E-state index in [0.29, 0.717) is 0 Å². The Labute approximate surface area is 113 Å². The van der Waals surface area contributed by atoms with Crippen LogP contribution in [0.2, 0.25) is 0 Å². The number of hydrogen-bond donors (Lipinski definition) is 0. The van der Waals surface area contributed by atoms with Gasteiger partial charge in [-0.3, -0.25) is 14.5 Å². The Kier molecular flexibility index (Phi) is 5.66. The maximum Gasteiger partial charge on any atom is 0.309 e. The Hall–Kier alpha value is -0.550. The van der Waals surface area contributed by atoms with Gasteiger partial charge in [-0.2, -0.15) is 0 Å². The third kappa shape index (κ3) is 5.87. The average Bonchev–Trinajstić information content (AvgIpc) is 2.24. The van der Waals surface area contributed by atoms with Gasteiger partial charge in [-0.1, -0.05) is 11.8 Å². The fourth-order valence-electron chi connectivity index (χ4n) is 1.87. The number of esters is 1. The third-order valence-corrected chi connectivity index (χ3v) is 3.68. The number of rotatable bonds is 3. The van der Waals surface area contributed by atoms with Gasteiger partial charge < -0.3 is 4.74 Å². The largest absolute Gasteiger partial charge is 0.460 e. The summed E-state index contributed by atoms with van der Waals surface area (Å²) >= 11 is 1.33. The molecule has 0 bridgehead atoms. The van der Waals surface area contributed by atoms with Gasteiger partial charge in [-0.05, 0) is 46.7 Å². The zero-order valence-electron chi connectivity index (χ0n) is 11.7. The highest BCUT2D eigenvalue weighted by Gasteiger charge is 2.28. The lowest BCUT2D eigenvalue weighted by atomic mass is 9.97. The van der Waals surface area contributed by atoms with Crippen LogP contribution in [0.5, 0.6) is 0 Å². The van der Waals surface area contributed by atoms with Crippen molar-refractivity contribution in [2.24, 2.45) is 5.92 Å². The van der Waals surface area contributed by atoms with Gasteiger partial charge in [-0.25, -0.2) is 0 Å². The summed E-state index contributed by atoms with van der Waals surface area (Å²) in [6.45, 7) is 8.99. The summed E-state index contributed by atoms with van der Waals surface area (Å²) < 4.78 is 5.39. The molecule has 0 spiro atoms. The first-order valence-electron chi connectivity index (χ1n) is 6.36. The van der Waals surface area contributed by atoms with Crippen LogP contribution in [0.25, 0.3) is 0 Å². The first kappa shape index (κ1) is 15.5. The first-order chi connectivity index (χ1) is 8.28. The number of hydrogen-bond acceptors (Lipinski definition) is 5. The Bertz CT molecular complexity index is 304. The van der Waals surface area contributed by atoms with E-state index in [2.05, 4.69) is 4.90 Å². The van der Waals surface area contributed by atoms with Gasteiger partial charge in [0.05, 0.1) is 11.8 Å². The molecular weight excluding hydrogens is 250 g/mol. The summed E-state index contributed by atoms with van der Waals surface area (Å²) in [5.41, 5.74) is -0.404. The molecule has 1 aliphatic rings. The van der Waals surface area contributed by atoms with Crippen LogP contribution in [0.15, 0.2) is 0 Å². The van der Waals surface area contributed by atoms with Crippen LogP contribution >= 0.6 is 11.8 Å². The van der Waals surface area contributed by atoms with E-state index >= 15 is 0 Å². The van der Waals surface area contributed by atoms with Crippen LogP contribution in [0.3, 0.4) is 0 Å². The molecule has 0 radical (unpaired) electrons. The van der Waals surface area contributed by atoms with Crippen LogP contribution in [0, 0.1) is 5.92 Å². The first-order valence-corrected chi connectivity index (χ1v) is 7.35. The Morgan fingerprint density at radius 2 is 1.83 bits per heavy atom. The molecule has 4 nitrogen and oxygen atoms in total. The molecule has 0 aromatic rings. The second-order valence-electron chi connectivity index (χ2n) is 5.69. The standard InChI is InChI=1S/C13H23NO3S/c1-10(15)18-9-14-7-5-11(6-8-14)12(16)17-13(2,3)4/h11H,5-9H2,1-4H3. The zero-order valence-corrected chi connectivity index (χ0v) is 12.5. The summed E-state index contributed by atoms with van der Waals surface area (Å²) in [6, 6.07) is 0. The molecule has 1 rings (SSSR count). The molecule has 0 N–H and O–H groups in total. The normalized spacial score (nSPS) is 18.7. The van der Waals surface area contributed by atoms with Crippen molar-refractivity contribution >= 4 is 22.8 Å². The molecule has 5 heteroatoms. The van der Waals surface area contributed by atoms with Crippen molar-refractivity contribution in [2.75, 3.05) is 19.0 Å². The van der Waals surface area contributed by atoms with Crippen molar-refractivity contribution in [1.29, 1.82) is 0 Å². The Morgan fingerprint density at radius 3 is 2.28 bits per heavy atom. The van der Waals surface area contributed by atoms with Crippen molar-refractivity contribution < 1.29 is 14.3 Å². The van der Waals surface area contributed by atoms with Crippen molar-refractivity contribution in [3.63, 3.8) is 0 Å². The second-order valence-corrected chi connectivity index (χ2v) is 6.81. The molecule has 18 heavy (non-hydrogen) atoms. The Balaban J connectivity index is 2.30. The summed E-state index contributed by atoms with van der Waals surface area (Å²) in [5, 5.41) is 0.143. The molecule has 1 heterocycles. The lowest BCUT2D eigenvalue weighted by molar-refractivity contribution is -0.161. The molecule has 1 fully saturated rings. The van der Waals surface area contributed by atoms with Gasteiger partial charge in [0.2, 0.25) is 0 Å². The molecule has 0 atom stereocenters. The van der Waals surface area contributed by atoms with E-state index in [1.807, 2.05) is 20.8 Å². The fourth-order valence-corrected chi connectivity index (χ4v) is 2.49. The molecule has 0 aliphatic carbocycles. The maximum atomic E-state index is 11.9. The maximum absolute atomic E-state index is 11.9. The summed E-state index contributed by atoms with van der Waals surface area (Å²) in [4.78, 5) is 25.0. The van der Waals surface area contributed by atoms with Crippen molar-refractivity contribution in [3.8, 4) is 0 Å². The van der Waals surface area contributed by atoms with Crippen LogP contribution in [0.4, 0.5) is 0 Å². The van der Waals surface area contributed by atoms with Crippen LogP contribution in [-0.4, -0.2) is 40.6 Å². The van der Waals surface area contributed by atoms with Crippen LogP contribution in [0.1, 0.15) is 40.5 Å². The van der Waals surface area contributed by atoms with E-state index < -0.39 is 5.60 Å². The van der Waals surface area contributed by atoms with Crippen molar-refractivity contribution in [1.82, 2.24) is 4.90 Å². The molecule has 0 saturated carbocycles. The fraction of sp³-hybridized carbons (Fsp3) is 0.846. The topological polar surface area (TPSA) is 46.6 Å². The Morgan fingerprint density at radius 1 is 1.28 bits per heavy atom. The van der Waals surface area contributed by atoms with E-state index in [4.69, 9.17) is 4.74 Å². The smallest absolute Gasteiger partial charge is 0.309 e. The van der Waals surface area contributed by atoms with Crippen molar-refractivity contribution in [3.05, 3.63) is 0 Å². The van der Waals surface area contributed by atoms with E-state index in [1.165, 1.54) is 11.8 Å². The molecular formula is C13H23NO3S. The highest BCUT2D eigenvalue weighted by atomic mass is 32.2. The van der Waals surface area contributed by atoms with E-state index in [-0.39, 0.29) is 17.0 Å². The van der Waals surface area contributed by atoms with Gasteiger partial charge in [0.25, 0.3) is 0 Å². The molecule has 1 aliphatic heterocycles. The number of likely N-dealkylation sites (tertiary alicyclic amines) is 1. The number of carbonyl (C=O) groups excluding carboxylic acids is 2. The second kappa shape index (κ2) is 6.57. The lowest BCUT2D eigenvalue weighted by Gasteiger charge is -2.31. The quantitative estimate of drug-likeness (QED) is 0.738. The lowest BCUT2D eigenvalue weighted by Crippen LogP contribution is -2.38. The van der Waals surface area contributed by atoms with Crippen molar-refractivity contribution in [2.45, 2.75) is 46.1 Å². The number of thioether (sulfide) groups is 1. The van der Waals surface area contributed by atoms with Gasteiger partial charge in [0, 0.05) is 6.92 Å². The molecule has 0 unspecified atom stereocenters.